The average Bonchev–Trinajstić information content (AvgIpc) is 2.61. The normalized spacial score (nSPS) is 48.1. The Morgan fingerprint density at radius 3 is 2.52 bits per heavy atom. The van der Waals surface area contributed by atoms with Crippen LogP contribution in [0.15, 0.2) is 22.8 Å². The quantitative estimate of drug-likeness (QED) is 0.615. The van der Waals surface area contributed by atoms with Crippen molar-refractivity contribution in [3.05, 3.63) is 22.8 Å². The van der Waals surface area contributed by atoms with Crippen LogP contribution in [0.1, 0.15) is 71.6 Å². The zero-order valence-corrected chi connectivity index (χ0v) is 14.3. The first-order chi connectivity index (χ1) is 10.9. The highest BCUT2D eigenvalue weighted by molar-refractivity contribution is 5.92. The van der Waals surface area contributed by atoms with Crippen LogP contribution in [0.25, 0.3) is 0 Å². The van der Waals surface area contributed by atoms with Crippen molar-refractivity contribution in [1.29, 1.82) is 0 Å². The lowest BCUT2D eigenvalue weighted by Crippen LogP contribution is -2.53. The number of rotatable bonds is 0. The van der Waals surface area contributed by atoms with Crippen molar-refractivity contribution in [3.8, 4) is 0 Å². The van der Waals surface area contributed by atoms with Gasteiger partial charge in [-0.15, -0.1) is 0 Å². The van der Waals surface area contributed by atoms with Gasteiger partial charge >= 0.3 is 0 Å². The van der Waals surface area contributed by atoms with Gasteiger partial charge < -0.3 is 0 Å². The third-order valence-corrected chi connectivity index (χ3v) is 8.51. The molecule has 0 N–H and O–H groups in total. The van der Waals surface area contributed by atoms with E-state index in [1.54, 1.807) is 11.1 Å². The van der Waals surface area contributed by atoms with Crippen LogP contribution in [0, 0.1) is 22.2 Å². The summed E-state index contributed by atoms with van der Waals surface area (Å²) in [7, 11) is 0. The molecule has 5 aliphatic carbocycles. The van der Waals surface area contributed by atoms with Crippen LogP contribution in [-0.2, 0) is 9.59 Å². The summed E-state index contributed by atoms with van der Waals surface area (Å²) in [5.74, 6) is 1.17. The second-order valence-corrected chi connectivity index (χ2v) is 9.19. The van der Waals surface area contributed by atoms with Gasteiger partial charge in [-0.25, -0.2) is 0 Å². The zero-order chi connectivity index (χ0) is 16.0. The second kappa shape index (κ2) is 4.07. The molecule has 122 valence electrons. The Labute approximate surface area is 138 Å². The lowest BCUT2D eigenvalue weighted by Gasteiger charge is -2.61. The molecular formula is C21H26O2. The maximum absolute atomic E-state index is 12.6. The fourth-order valence-electron chi connectivity index (χ4n) is 7.15. The van der Waals surface area contributed by atoms with Gasteiger partial charge in [-0.2, -0.15) is 0 Å². The second-order valence-electron chi connectivity index (χ2n) is 9.19. The van der Waals surface area contributed by atoms with E-state index in [0.29, 0.717) is 23.9 Å². The third kappa shape index (κ3) is 1.43. The zero-order valence-electron chi connectivity index (χ0n) is 14.3. The predicted molar refractivity (Wildman–Crippen MR) is 88.8 cm³/mol. The van der Waals surface area contributed by atoms with Crippen molar-refractivity contribution >= 4 is 11.6 Å². The first-order valence-electron chi connectivity index (χ1n) is 9.40. The lowest BCUT2D eigenvalue weighted by atomic mass is 9.42. The highest BCUT2D eigenvalue weighted by Crippen LogP contribution is 2.75. The SMILES string of the molecule is CC12CCC(=O)C=C1CCC1=C2CCC2(C)CC(=O)[C@@H]3CC[C@@]132. The molecule has 23 heavy (non-hydrogen) atoms. The molecule has 2 nitrogen and oxygen atoms in total. The standard InChI is InChI=1S/C21H26O2/c1-19-8-6-15-16(21(19)10-7-17(21)18(23)12-19)4-3-13-11-14(22)5-9-20(13,15)2/h11,17H,3-10,12H2,1-2H3/t17-,19?,20?,21+/m0/s1. The topological polar surface area (TPSA) is 34.1 Å². The molecule has 2 saturated carbocycles. The molecule has 0 heterocycles. The Bertz CT molecular complexity index is 711. The molecule has 5 aliphatic rings. The summed E-state index contributed by atoms with van der Waals surface area (Å²) in [6, 6.07) is 0. The first kappa shape index (κ1) is 14.2. The number of hydrogen-bond acceptors (Lipinski definition) is 2. The molecule has 2 fully saturated rings. The molecular weight excluding hydrogens is 284 g/mol. The van der Waals surface area contributed by atoms with E-state index in [9.17, 15) is 9.59 Å². The maximum atomic E-state index is 12.6. The van der Waals surface area contributed by atoms with Crippen LogP contribution >= 0.6 is 0 Å². The minimum Gasteiger partial charge on any atom is -0.299 e. The van der Waals surface area contributed by atoms with Crippen LogP contribution in [0.2, 0.25) is 0 Å². The Morgan fingerprint density at radius 1 is 0.957 bits per heavy atom. The van der Waals surface area contributed by atoms with Crippen molar-refractivity contribution in [2.75, 3.05) is 0 Å². The summed E-state index contributed by atoms with van der Waals surface area (Å²) in [5, 5.41) is 0. The van der Waals surface area contributed by atoms with Gasteiger partial charge in [0.15, 0.2) is 5.78 Å². The molecule has 1 spiro atoms. The Kier molecular flexibility index (Phi) is 2.51. The van der Waals surface area contributed by atoms with Crippen LogP contribution in [-0.4, -0.2) is 11.6 Å². The largest absolute Gasteiger partial charge is 0.299 e. The Morgan fingerprint density at radius 2 is 1.78 bits per heavy atom. The molecule has 5 rings (SSSR count). The van der Waals surface area contributed by atoms with E-state index in [0.717, 1.165) is 38.5 Å². The summed E-state index contributed by atoms with van der Waals surface area (Å²) in [4.78, 5) is 24.5. The number of fused-ring (bicyclic) bond motifs is 2. The molecule has 2 heteroatoms. The van der Waals surface area contributed by atoms with E-state index in [4.69, 9.17) is 0 Å². The minimum atomic E-state index is 0.114. The van der Waals surface area contributed by atoms with E-state index >= 15 is 0 Å². The van der Waals surface area contributed by atoms with Crippen molar-refractivity contribution < 1.29 is 9.59 Å². The van der Waals surface area contributed by atoms with Gasteiger partial charge in [-0.1, -0.05) is 30.6 Å². The third-order valence-electron chi connectivity index (χ3n) is 8.51. The predicted octanol–water partition coefficient (Wildman–Crippen LogP) is 4.54. The minimum absolute atomic E-state index is 0.114. The summed E-state index contributed by atoms with van der Waals surface area (Å²) in [5.41, 5.74) is 5.22. The molecule has 2 unspecified atom stereocenters. The summed E-state index contributed by atoms with van der Waals surface area (Å²) >= 11 is 0. The Balaban J connectivity index is 1.70. The molecule has 0 aromatic carbocycles. The van der Waals surface area contributed by atoms with Crippen LogP contribution in [0.5, 0.6) is 0 Å². The van der Waals surface area contributed by atoms with Gasteiger partial charge in [0.1, 0.15) is 5.78 Å². The summed E-state index contributed by atoms with van der Waals surface area (Å²) in [6.45, 7) is 4.77. The first-order valence-corrected chi connectivity index (χ1v) is 9.40. The van der Waals surface area contributed by atoms with Gasteiger partial charge in [-0.3, -0.25) is 9.59 Å². The number of carbonyl (C=O) groups is 2. The monoisotopic (exact) mass is 310 g/mol. The number of hydrogen-bond donors (Lipinski definition) is 0. The van der Waals surface area contributed by atoms with Gasteiger partial charge in [-0.05, 0) is 56.4 Å². The molecule has 4 atom stereocenters. The molecule has 0 aromatic rings. The number of ketones is 2. The molecule has 0 amide bonds. The van der Waals surface area contributed by atoms with Gasteiger partial charge in [0.25, 0.3) is 0 Å². The van der Waals surface area contributed by atoms with E-state index in [-0.39, 0.29) is 16.2 Å². The highest BCUT2D eigenvalue weighted by atomic mass is 16.1. The van der Waals surface area contributed by atoms with Crippen LogP contribution < -0.4 is 0 Å². The molecule has 0 radical (unpaired) electrons. The maximum Gasteiger partial charge on any atom is 0.155 e. The Hall–Kier alpha value is -1.18. The average molecular weight is 310 g/mol. The van der Waals surface area contributed by atoms with Gasteiger partial charge in [0.2, 0.25) is 0 Å². The number of carbonyl (C=O) groups excluding carboxylic acids is 2. The lowest BCUT2D eigenvalue weighted by molar-refractivity contribution is -0.125. The fraction of sp³-hybridized carbons (Fsp3) is 0.714. The number of allylic oxidation sites excluding steroid dienone is 4. The molecule has 0 aromatic heterocycles. The fourth-order valence-corrected chi connectivity index (χ4v) is 7.15. The van der Waals surface area contributed by atoms with Gasteiger partial charge in [0.05, 0.1) is 0 Å². The van der Waals surface area contributed by atoms with E-state index in [2.05, 4.69) is 13.8 Å². The molecule has 0 aliphatic heterocycles. The van der Waals surface area contributed by atoms with Crippen LogP contribution in [0.3, 0.4) is 0 Å². The summed E-state index contributed by atoms with van der Waals surface area (Å²) in [6.07, 6.45) is 11.3. The number of Topliss-reactive ketones (excluding diaryl/α,β-unsaturated/α-hetero) is 1. The van der Waals surface area contributed by atoms with Crippen molar-refractivity contribution in [2.24, 2.45) is 22.2 Å². The highest BCUT2D eigenvalue weighted by Gasteiger charge is 2.69. The van der Waals surface area contributed by atoms with E-state index in [1.807, 2.05) is 6.08 Å². The van der Waals surface area contributed by atoms with E-state index < -0.39 is 0 Å². The van der Waals surface area contributed by atoms with Crippen LogP contribution in [0.4, 0.5) is 0 Å². The molecule has 0 bridgehead atoms. The van der Waals surface area contributed by atoms with Gasteiger partial charge in [0, 0.05) is 29.6 Å². The summed E-state index contributed by atoms with van der Waals surface area (Å²) < 4.78 is 0. The van der Waals surface area contributed by atoms with Crippen molar-refractivity contribution in [1.82, 2.24) is 0 Å². The smallest absolute Gasteiger partial charge is 0.155 e. The van der Waals surface area contributed by atoms with Crippen molar-refractivity contribution in [2.45, 2.75) is 71.6 Å². The van der Waals surface area contributed by atoms with Crippen molar-refractivity contribution in [3.63, 3.8) is 0 Å². The molecule has 0 saturated heterocycles. The van der Waals surface area contributed by atoms with E-state index in [1.165, 1.54) is 18.4 Å².